The molecule has 0 aliphatic carbocycles. The maximum atomic E-state index is 12.2. The molecule has 0 aliphatic rings. The fourth-order valence-corrected chi connectivity index (χ4v) is 2.17. The summed E-state index contributed by atoms with van der Waals surface area (Å²) in [6.07, 6.45) is 3.68. The number of nitrogens with zero attached hydrogens (tertiary/aromatic N) is 2. The number of hydrogen-bond donors (Lipinski definition) is 2. The number of fused-ring (bicyclic) bond motifs is 1. The lowest BCUT2D eigenvalue weighted by Gasteiger charge is -2.06. The number of imidazole rings is 1. The van der Waals surface area contributed by atoms with E-state index in [2.05, 4.69) is 10.3 Å². The molecule has 6 heteroatoms. The van der Waals surface area contributed by atoms with Gasteiger partial charge in [0, 0.05) is 29.2 Å². The Bertz CT molecular complexity index is 865. The maximum absolute atomic E-state index is 12.2. The highest BCUT2D eigenvalue weighted by molar-refractivity contribution is 6.05. The van der Waals surface area contributed by atoms with Crippen LogP contribution in [0.15, 0.2) is 48.8 Å². The highest BCUT2D eigenvalue weighted by atomic mass is 16.2. The Kier molecular flexibility index (Phi) is 3.34. The van der Waals surface area contributed by atoms with Crippen LogP contribution in [-0.4, -0.2) is 21.2 Å². The second kappa shape index (κ2) is 5.33. The van der Waals surface area contributed by atoms with Crippen molar-refractivity contribution in [2.75, 3.05) is 5.32 Å². The van der Waals surface area contributed by atoms with Gasteiger partial charge in [-0.15, -0.1) is 0 Å². The molecule has 110 valence electrons. The number of aromatic nitrogens is 2. The molecule has 0 spiro atoms. The number of carbonyl (C=O) groups is 2. The number of hydrogen-bond acceptors (Lipinski definition) is 3. The number of aryl methyl sites for hydroxylation is 1. The van der Waals surface area contributed by atoms with E-state index in [1.807, 2.05) is 17.5 Å². The van der Waals surface area contributed by atoms with E-state index in [9.17, 15) is 9.59 Å². The van der Waals surface area contributed by atoms with E-state index in [0.717, 1.165) is 5.69 Å². The topological polar surface area (TPSA) is 89.5 Å². The van der Waals surface area contributed by atoms with E-state index < -0.39 is 5.91 Å². The van der Waals surface area contributed by atoms with E-state index in [1.165, 1.54) is 0 Å². The van der Waals surface area contributed by atoms with Crippen molar-refractivity contribution < 1.29 is 9.59 Å². The first-order valence-corrected chi connectivity index (χ1v) is 6.69. The minimum atomic E-state index is -0.502. The first-order valence-electron chi connectivity index (χ1n) is 6.69. The first-order chi connectivity index (χ1) is 10.5. The second-order valence-electron chi connectivity index (χ2n) is 4.96. The monoisotopic (exact) mass is 294 g/mol. The molecule has 22 heavy (non-hydrogen) atoms. The Labute approximate surface area is 126 Å². The van der Waals surface area contributed by atoms with E-state index in [-0.39, 0.29) is 5.91 Å². The molecule has 1 aromatic carbocycles. The molecule has 6 nitrogen and oxygen atoms in total. The summed E-state index contributed by atoms with van der Waals surface area (Å²) >= 11 is 0. The van der Waals surface area contributed by atoms with Crippen LogP contribution in [0.5, 0.6) is 0 Å². The molecule has 0 fully saturated rings. The lowest BCUT2D eigenvalue weighted by molar-refractivity contribution is 0.0998. The summed E-state index contributed by atoms with van der Waals surface area (Å²) in [5.41, 5.74) is 8.28. The average molecular weight is 294 g/mol. The molecule has 3 N–H and O–H groups in total. The number of pyridine rings is 1. The number of nitrogens with one attached hydrogen (secondary N) is 1. The van der Waals surface area contributed by atoms with Gasteiger partial charge < -0.3 is 15.5 Å². The minimum Gasteiger partial charge on any atom is -0.366 e. The van der Waals surface area contributed by atoms with Crippen molar-refractivity contribution in [1.82, 2.24) is 9.38 Å². The van der Waals surface area contributed by atoms with Crippen molar-refractivity contribution in [2.45, 2.75) is 6.92 Å². The summed E-state index contributed by atoms with van der Waals surface area (Å²) in [6.45, 7) is 1.90. The maximum Gasteiger partial charge on any atom is 0.255 e. The molecule has 0 bridgehead atoms. The van der Waals surface area contributed by atoms with Gasteiger partial charge in [0.1, 0.15) is 5.65 Å². The number of primary amides is 1. The predicted molar refractivity (Wildman–Crippen MR) is 82.8 cm³/mol. The molecule has 0 aliphatic heterocycles. The Balaban J connectivity index is 1.81. The van der Waals surface area contributed by atoms with Crippen molar-refractivity contribution in [2.24, 2.45) is 5.73 Å². The number of nitrogens with two attached hydrogens (primary N) is 1. The third-order valence-corrected chi connectivity index (χ3v) is 3.27. The molecule has 2 amide bonds. The fraction of sp³-hybridized carbons (Fsp3) is 0.0625. The minimum absolute atomic E-state index is 0.241. The van der Waals surface area contributed by atoms with Gasteiger partial charge in [-0.3, -0.25) is 9.59 Å². The SMILES string of the molecule is Cc1cn2ccc(C(=O)Nc3ccc(C(N)=O)cc3)cc2n1. The normalized spacial score (nSPS) is 10.6. The number of amides is 2. The Hall–Kier alpha value is -3.15. The molecular formula is C16H14N4O2. The van der Waals surface area contributed by atoms with Gasteiger partial charge in [0.25, 0.3) is 5.91 Å². The van der Waals surface area contributed by atoms with Gasteiger partial charge in [-0.1, -0.05) is 0 Å². The van der Waals surface area contributed by atoms with Crippen molar-refractivity contribution in [3.63, 3.8) is 0 Å². The molecule has 0 atom stereocenters. The van der Waals surface area contributed by atoms with Gasteiger partial charge in [-0.2, -0.15) is 0 Å². The van der Waals surface area contributed by atoms with Crippen LogP contribution in [0.2, 0.25) is 0 Å². The lowest BCUT2D eigenvalue weighted by Crippen LogP contribution is -2.13. The van der Waals surface area contributed by atoms with Crippen LogP contribution in [0.3, 0.4) is 0 Å². The van der Waals surface area contributed by atoms with E-state index in [1.54, 1.807) is 42.6 Å². The molecule has 0 unspecified atom stereocenters. The molecule has 0 saturated carbocycles. The van der Waals surface area contributed by atoms with Crippen LogP contribution in [-0.2, 0) is 0 Å². The number of anilines is 1. The molecule has 3 rings (SSSR count). The number of benzene rings is 1. The van der Waals surface area contributed by atoms with Crippen LogP contribution in [0.1, 0.15) is 26.4 Å². The van der Waals surface area contributed by atoms with Crippen LogP contribution in [0, 0.1) is 6.92 Å². The van der Waals surface area contributed by atoms with Crippen molar-refractivity contribution in [1.29, 1.82) is 0 Å². The van der Waals surface area contributed by atoms with E-state index in [4.69, 9.17) is 5.73 Å². The zero-order valence-electron chi connectivity index (χ0n) is 11.9. The highest BCUT2D eigenvalue weighted by Gasteiger charge is 2.09. The van der Waals surface area contributed by atoms with Gasteiger partial charge in [0.15, 0.2) is 0 Å². The summed E-state index contributed by atoms with van der Waals surface area (Å²) in [6, 6.07) is 9.85. The van der Waals surface area contributed by atoms with Crippen molar-refractivity contribution in [3.05, 3.63) is 65.6 Å². The number of carbonyl (C=O) groups excluding carboxylic acids is 2. The van der Waals surface area contributed by atoms with Crippen LogP contribution >= 0.6 is 0 Å². The van der Waals surface area contributed by atoms with E-state index in [0.29, 0.717) is 22.5 Å². The summed E-state index contributed by atoms with van der Waals surface area (Å²) in [5.74, 6) is -0.743. The smallest absolute Gasteiger partial charge is 0.255 e. The zero-order chi connectivity index (χ0) is 15.7. The van der Waals surface area contributed by atoms with Crippen molar-refractivity contribution in [3.8, 4) is 0 Å². The molecule has 2 aromatic heterocycles. The summed E-state index contributed by atoms with van der Waals surface area (Å²) in [7, 11) is 0. The van der Waals surface area contributed by atoms with E-state index >= 15 is 0 Å². The zero-order valence-corrected chi connectivity index (χ0v) is 11.9. The van der Waals surface area contributed by atoms with Crippen LogP contribution in [0.25, 0.3) is 5.65 Å². The molecule has 0 saturated heterocycles. The quantitative estimate of drug-likeness (QED) is 0.774. The van der Waals surface area contributed by atoms with Gasteiger partial charge in [0.2, 0.25) is 5.91 Å². The Morgan fingerprint density at radius 3 is 2.55 bits per heavy atom. The number of rotatable bonds is 3. The summed E-state index contributed by atoms with van der Waals surface area (Å²) < 4.78 is 1.85. The Morgan fingerprint density at radius 1 is 1.14 bits per heavy atom. The molecule has 0 radical (unpaired) electrons. The molecular weight excluding hydrogens is 280 g/mol. The van der Waals surface area contributed by atoms with Gasteiger partial charge in [-0.05, 0) is 43.3 Å². The lowest BCUT2D eigenvalue weighted by atomic mass is 10.2. The average Bonchev–Trinajstić information content (AvgIpc) is 2.86. The third kappa shape index (κ3) is 2.67. The van der Waals surface area contributed by atoms with Gasteiger partial charge in [0.05, 0.1) is 5.69 Å². The van der Waals surface area contributed by atoms with Crippen molar-refractivity contribution >= 4 is 23.1 Å². The summed E-state index contributed by atoms with van der Waals surface area (Å²) in [4.78, 5) is 27.6. The predicted octanol–water partition coefficient (Wildman–Crippen LogP) is 1.99. The third-order valence-electron chi connectivity index (χ3n) is 3.27. The Morgan fingerprint density at radius 2 is 1.86 bits per heavy atom. The van der Waals surface area contributed by atoms with Gasteiger partial charge in [-0.25, -0.2) is 4.98 Å². The first kappa shape index (κ1) is 13.8. The summed E-state index contributed by atoms with van der Waals surface area (Å²) in [5, 5.41) is 2.77. The molecule has 2 heterocycles. The molecule has 3 aromatic rings. The van der Waals surface area contributed by atoms with Gasteiger partial charge >= 0.3 is 0 Å². The highest BCUT2D eigenvalue weighted by Crippen LogP contribution is 2.13. The van der Waals surface area contributed by atoms with Crippen LogP contribution in [0.4, 0.5) is 5.69 Å². The largest absolute Gasteiger partial charge is 0.366 e. The fourth-order valence-electron chi connectivity index (χ4n) is 2.17. The standard InChI is InChI=1S/C16H14N4O2/c1-10-9-20-7-6-12(8-14(20)18-10)16(22)19-13-4-2-11(3-5-13)15(17)21/h2-9H,1H3,(H2,17,21)(H,19,22). The van der Waals surface area contributed by atoms with Crippen LogP contribution < -0.4 is 11.1 Å². The second-order valence-corrected chi connectivity index (χ2v) is 4.96.